The predicted molar refractivity (Wildman–Crippen MR) is 46.8 cm³/mol. The molecule has 0 aliphatic heterocycles. The first kappa shape index (κ1) is 11.4. The molecule has 0 aliphatic rings. The monoisotopic (exact) mass is 217 g/mol. The van der Waals surface area contributed by atoms with Crippen LogP contribution in [0.1, 0.15) is 12.6 Å². The van der Waals surface area contributed by atoms with Crippen LogP contribution in [0.2, 0.25) is 0 Å². The second kappa shape index (κ2) is 4.20. The summed E-state index contributed by atoms with van der Waals surface area (Å²) < 4.78 is 29.0. The van der Waals surface area contributed by atoms with Crippen LogP contribution < -0.4 is 4.74 Å². The molecule has 0 unspecified atom stereocenters. The average Bonchev–Trinajstić information content (AvgIpc) is 2.05. The number of halogens is 2. The summed E-state index contributed by atoms with van der Waals surface area (Å²) in [6, 6.07) is 2.58. The molecule has 1 heterocycles. The van der Waals surface area contributed by atoms with E-state index in [1.165, 1.54) is 12.1 Å². The van der Waals surface area contributed by atoms with Crippen LogP contribution in [-0.4, -0.2) is 22.2 Å². The van der Waals surface area contributed by atoms with Crippen molar-refractivity contribution in [3.05, 3.63) is 24.0 Å². The minimum absolute atomic E-state index is 0.100. The van der Waals surface area contributed by atoms with Crippen molar-refractivity contribution in [1.29, 1.82) is 0 Å². The highest BCUT2D eigenvalue weighted by Crippen LogP contribution is 2.19. The van der Waals surface area contributed by atoms with Crippen LogP contribution in [0.25, 0.3) is 0 Å². The lowest BCUT2D eigenvalue weighted by atomic mass is 10.3. The van der Waals surface area contributed by atoms with Crippen LogP contribution in [0.5, 0.6) is 5.75 Å². The van der Waals surface area contributed by atoms with Gasteiger partial charge in [0.1, 0.15) is 5.75 Å². The molecule has 0 bridgehead atoms. The summed E-state index contributed by atoms with van der Waals surface area (Å²) in [5.74, 6) is -1.13. The van der Waals surface area contributed by atoms with Gasteiger partial charge in [0.05, 0.1) is 18.3 Å². The fourth-order valence-electron chi connectivity index (χ4n) is 0.938. The van der Waals surface area contributed by atoms with E-state index in [4.69, 9.17) is 5.11 Å². The molecule has 0 spiro atoms. The lowest BCUT2D eigenvalue weighted by molar-refractivity contribution is -0.159. The summed E-state index contributed by atoms with van der Waals surface area (Å²) in [7, 11) is 0. The molecule has 0 amide bonds. The maximum absolute atomic E-state index is 12.4. The van der Waals surface area contributed by atoms with Crippen LogP contribution in [0.3, 0.4) is 0 Å². The molecule has 4 nitrogen and oxygen atoms in total. The Morgan fingerprint density at radius 3 is 2.67 bits per heavy atom. The van der Waals surface area contributed by atoms with Crippen molar-refractivity contribution in [1.82, 2.24) is 4.98 Å². The standard InChI is InChI=1S/C9H9F2NO3/c1-9(10,11)15-7-3-2-6(12-5-7)4-8(13)14/h2-3,5H,4H2,1H3,(H,13,14). The Morgan fingerprint density at radius 2 is 2.27 bits per heavy atom. The van der Waals surface area contributed by atoms with E-state index in [0.717, 1.165) is 6.20 Å². The van der Waals surface area contributed by atoms with Crippen molar-refractivity contribution in [3.63, 3.8) is 0 Å². The maximum atomic E-state index is 12.4. The first-order valence-corrected chi connectivity index (χ1v) is 4.10. The normalized spacial score (nSPS) is 11.1. The van der Waals surface area contributed by atoms with E-state index in [1.807, 2.05) is 0 Å². The summed E-state index contributed by atoms with van der Waals surface area (Å²) in [5.41, 5.74) is 0.286. The van der Waals surface area contributed by atoms with E-state index in [1.54, 1.807) is 0 Å². The number of ether oxygens (including phenoxy) is 1. The Kier molecular flexibility index (Phi) is 3.18. The number of hydrogen-bond donors (Lipinski definition) is 1. The topological polar surface area (TPSA) is 59.4 Å². The van der Waals surface area contributed by atoms with Crippen LogP contribution >= 0.6 is 0 Å². The Bertz CT molecular complexity index is 345. The third kappa shape index (κ3) is 4.35. The summed E-state index contributed by atoms with van der Waals surface area (Å²) in [6.45, 7) is 0.609. The molecule has 0 atom stereocenters. The molecule has 0 saturated carbocycles. The van der Waals surface area contributed by atoms with E-state index in [-0.39, 0.29) is 17.9 Å². The summed E-state index contributed by atoms with van der Waals surface area (Å²) in [4.78, 5) is 14.0. The minimum Gasteiger partial charge on any atom is -0.481 e. The third-order valence-corrected chi connectivity index (χ3v) is 1.43. The van der Waals surface area contributed by atoms with Crippen LogP contribution in [0.4, 0.5) is 8.78 Å². The van der Waals surface area contributed by atoms with Crippen molar-refractivity contribution in [2.75, 3.05) is 0 Å². The van der Waals surface area contributed by atoms with Gasteiger partial charge in [0.25, 0.3) is 0 Å². The van der Waals surface area contributed by atoms with Gasteiger partial charge in [-0.25, -0.2) is 0 Å². The lowest BCUT2D eigenvalue weighted by Crippen LogP contribution is -2.19. The van der Waals surface area contributed by atoms with Crippen molar-refractivity contribution in [2.45, 2.75) is 19.5 Å². The molecule has 1 aromatic heterocycles. The van der Waals surface area contributed by atoms with Crippen molar-refractivity contribution in [3.8, 4) is 5.75 Å². The summed E-state index contributed by atoms with van der Waals surface area (Å²) in [5, 5.41) is 8.43. The molecule has 0 fully saturated rings. The molecular weight excluding hydrogens is 208 g/mol. The number of rotatable bonds is 4. The Hall–Kier alpha value is -1.72. The van der Waals surface area contributed by atoms with Gasteiger partial charge in [-0.2, -0.15) is 8.78 Å². The molecule has 0 radical (unpaired) electrons. The number of aliphatic carboxylic acids is 1. The fourth-order valence-corrected chi connectivity index (χ4v) is 0.938. The van der Waals surface area contributed by atoms with Crippen molar-refractivity contribution >= 4 is 5.97 Å². The second-order valence-electron chi connectivity index (χ2n) is 2.97. The number of pyridine rings is 1. The quantitative estimate of drug-likeness (QED) is 0.833. The zero-order valence-corrected chi connectivity index (χ0v) is 7.91. The summed E-state index contributed by atoms with van der Waals surface area (Å²) >= 11 is 0. The number of carboxylic acids is 1. The zero-order chi connectivity index (χ0) is 11.5. The van der Waals surface area contributed by atoms with Gasteiger partial charge >= 0.3 is 12.1 Å². The van der Waals surface area contributed by atoms with Gasteiger partial charge in [0.15, 0.2) is 0 Å². The first-order chi connectivity index (χ1) is 6.87. The van der Waals surface area contributed by atoms with Gasteiger partial charge in [-0.3, -0.25) is 9.78 Å². The predicted octanol–water partition coefficient (Wildman–Crippen LogP) is 1.70. The molecule has 0 aliphatic carbocycles. The molecule has 0 saturated heterocycles. The molecule has 1 rings (SSSR count). The van der Waals surface area contributed by atoms with Crippen LogP contribution in [-0.2, 0) is 11.2 Å². The van der Waals surface area contributed by atoms with Crippen LogP contribution in [0, 0.1) is 0 Å². The first-order valence-electron chi connectivity index (χ1n) is 4.10. The van der Waals surface area contributed by atoms with Crippen molar-refractivity contribution < 1.29 is 23.4 Å². The number of carbonyl (C=O) groups is 1. The fraction of sp³-hybridized carbons (Fsp3) is 0.333. The Morgan fingerprint density at radius 1 is 1.60 bits per heavy atom. The summed E-state index contributed by atoms with van der Waals surface area (Å²) in [6.07, 6.45) is -2.45. The van der Waals surface area contributed by atoms with Gasteiger partial charge in [-0.15, -0.1) is 0 Å². The molecule has 15 heavy (non-hydrogen) atoms. The molecular formula is C9H9F2NO3. The van der Waals surface area contributed by atoms with Crippen LogP contribution in [0.15, 0.2) is 18.3 Å². The number of nitrogens with zero attached hydrogens (tertiary/aromatic N) is 1. The molecule has 6 heteroatoms. The van der Waals surface area contributed by atoms with Gasteiger partial charge in [0.2, 0.25) is 0 Å². The highest BCUT2D eigenvalue weighted by molar-refractivity contribution is 5.69. The Balaban J connectivity index is 2.68. The maximum Gasteiger partial charge on any atom is 0.394 e. The lowest BCUT2D eigenvalue weighted by Gasteiger charge is -2.12. The van der Waals surface area contributed by atoms with Gasteiger partial charge in [0, 0.05) is 6.92 Å². The smallest absolute Gasteiger partial charge is 0.394 e. The van der Waals surface area contributed by atoms with Gasteiger partial charge < -0.3 is 9.84 Å². The highest BCUT2D eigenvalue weighted by atomic mass is 19.3. The van der Waals surface area contributed by atoms with E-state index in [0.29, 0.717) is 6.92 Å². The van der Waals surface area contributed by atoms with E-state index in [9.17, 15) is 13.6 Å². The average molecular weight is 217 g/mol. The highest BCUT2D eigenvalue weighted by Gasteiger charge is 2.23. The number of aromatic nitrogens is 1. The number of carboxylic acid groups (broad SMARTS) is 1. The largest absolute Gasteiger partial charge is 0.481 e. The number of hydrogen-bond acceptors (Lipinski definition) is 3. The van der Waals surface area contributed by atoms with Crippen molar-refractivity contribution in [2.24, 2.45) is 0 Å². The van der Waals surface area contributed by atoms with Gasteiger partial charge in [-0.05, 0) is 12.1 Å². The zero-order valence-electron chi connectivity index (χ0n) is 7.91. The van der Waals surface area contributed by atoms with E-state index >= 15 is 0 Å². The number of alkyl halides is 2. The van der Waals surface area contributed by atoms with Gasteiger partial charge in [-0.1, -0.05) is 0 Å². The second-order valence-corrected chi connectivity index (χ2v) is 2.97. The third-order valence-electron chi connectivity index (χ3n) is 1.43. The molecule has 82 valence electrons. The van der Waals surface area contributed by atoms with E-state index in [2.05, 4.69) is 9.72 Å². The Labute approximate surface area is 84.5 Å². The minimum atomic E-state index is -3.27. The molecule has 0 aromatic carbocycles. The molecule has 1 N–H and O–H groups in total. The molecule has 1 aromatic rings. The SMILES string of the molecule is CC(F)(F)Oc1ccc(CC(=O)O)nc1. The van der Waals surface area contributed by atoms with E-state index < -0.39 is 12.1 Å².